The van der Waals surface area contributed by atoms with E-state index in [-0.39, 0.29) is 23.8 Å². The fourth-order valence-corrected chi connectivity index (χ4v) is 1.72. The molecule has 1 aromatic carbocycles. The first-order valence-corrected chi connectivity index (χ1v) is 6.67. The van der Waals surface area contributed by atoms with E-state index in [1.54, 1.807) is 14.0 Å². The van der Waals surface area contributed by atoms with E-state index >= 15 is 0 Å². The van der Waals surface area contributed by atoms with E-state index in [0.717, 1.165) is 12.1 Å². The Hall–Kier alpha value is -1.76. The molecule has 0 aromatic heterocycles. The zero-order valence-corrected chi connectivity index (χ0v) is 12.0. The van der Waals surface area contributed by atoms with Gasteiger partial charge in [-0.2, -0.15) is 13.2 Å². The van der Waals surface area contributed by atoms with Crippen LogP contribution in [0.15, 0.2) is 18.2 Å². The van der Waals surface area contributed by atoms with Crippen LogP contribution in [0.25, 0.3) is 0 Å². The van der Waals surface area contributed by atoms with Crippen LogP contribution in [0.1, 0.15) is 25.3 Å². The number of ether oxygens (including phenoxy) is 1. The highest BCUT2D eigenvalue weighted by atomic mass is 19.4. The third-order valence-electron chi connectivity index (χ3n) is 2.71. The van der Waals surface area contributed by atoms with Gasteiger partial charge in [0, 0.05) is 6.42 Å². The third kappa shape index (κ3) is 5.63. The molecule has 0 radical (unpaired) electrons. The Morgan fingerprint density at radius 3 is 2.62 bits per heavy atom. The standard InChI is InChI=1S/C14H19F3N2O2/c1-3-21-12-7-6-10(14(15,16)17)9-11(12)19-13(20)5-4-8-18-2/h6-7,9,18H,3-5,8H2,1-2H3,(H,19,20). The van der Waals surface area contributed by atoms with Gasteiger partial charge in [-0.25, -0.2) is 0 Å². The van der Waals surface area contributed by atoms with E-state index in [0.29, 0.717) is 19.6 Å². The Balaban J connectivity index is 2.88. The Kier molecular flexibility index (Phi) is 6.48. The zero-order chi connectivity index (χ0) is 15.9. The molecule has 0 aliphatic heterocycles. The third-order valence-corrected chi connectivity index (χ3v) is 2.71. The van der Waals surface area contributed by atoms with Gasteiger partial charge in [-0.3, -0.25) is 4.79 Å². The van der Waals surface area contributed by atoms with Crippen molar-refractivity contribution in [1.29, 1.82) is 0 Å². The van der Waals surface area contributed by atoms with Gasteiger partial charge in [0.1, 0.15) is 5.75 Å². The molecule has 21 heavy (non-hydrogen) atoms. The molecule has 0 bridgehead atoms. The van der Waals surface area contributed by atoms with Gasteiger partial charge < -0.3 is 15.4 Å². The van der Waals surface area contributed by atoms with Crippen molar-refractivity contribution in [3.63, 3.8) is 0 Å². The summed E-state index contributed by atoms with van der Waals surface area (Å²) in [5.41, 5.74) is -0.780. The molecular formula is C14H19F3N2O2. The number of benzene rings is 1. The van der Waals surface area contributed by atoms with Gasteiger partial charge in [0.15, 0.2) is 0 Å². The second-order valence-corrected chi connectivity index (χ2v) is 4.40. The van der Waals surface area contributed by atoms with Crippen LogP contribution < -0.4 is 15.4 Å². The molecular weight excluding hydrogens is 285 g/mol. The second kappa shape index (κ2) is 7.87. The summed E-state index contributed by atoms with van der Waals surface area (Å²) in [5, 5.41) is 5.37. The highest BCUT2D eigenvalue weighted by Gasteiger charge is 2.31. The second-order valence-electron chi connectivity index (χ2n) is 4.40. The van der Waals surface area contributed by atoms with Gasteiger partial charge in [-0.05, 0) is 45.1 Å². The van der Waals surface area contributed by atoms with E-state index in [4.69, 9.17) is 4.74 Å². The van der Waals surface area contributed by atoms with Crippen molar-refractivity contribution in [2.75, 3.05) is 25.5 Å². The Labute approximate surface area is 121 Å². The van der Waals surface area contributed by atoms with Crippen molar-refractivity contribution in [1.82, 2.24) is 5.32 Å². The lowest BCUT2D eigenvalue weighted by Crippen LogP contribution is -2.16. The average molecular weight is 304 g/mol. The molecule has 118 valence electrons. The van der Waals surface area contributed by atoms with Gasteiger partial charge in [-0.1, -0.05) is 0 Å². The van der Waals surface area contributed by atoms with Crippen LogP contribution in [0.5, 0.6) is 5.75 Å². The van der Waals surface area contributed by atoms with Crippen LogP contribution in [0.4, 0.5) is 18.9 Å². The number of carbonyl (C=O) groups is 1. The molecule has 0 spiro atoms. The van der Waals surface area contributed by atoms with Crippen LogP contribution in [0.3, 0.4) is 0 Å². The maximum Gasteiger partial charge on any atom is 0.416 e. The monoisotopic (exact) mass is 304 g/mol. The summed E-state index contributed by atoms with van der Waals surface area (Å²) in [5.74, 6) is -0.113. The number of alkyl halides is 3. The number of carbonyl (C=O) groups excluding carboxylic acids is 1. The number of amides is 1. The predicted molar refractivity (Wildman–Crippen MR) is 74.4 cm³/mol. The smallest absolute Gasteiger partial charge is 0.416 e. The van der Waals surface area contributed by atoms with Crippen LogP contribution >= 0.6 is 0 Å². The molecule has 0 aliphatic carbocycles. The fraction of sp³-hybridized carbons (Fsp3) is 0.500. The first kappa shape index (κ1) is 17.3. The summed E-state index contributed by atoms with van der Waals surface area (Å²) >= 11 is 0. The van der Waals surface area contributed by atoms with Crippen molar-refractivity contribution in [2.45, 2.75) is 25.9 Å². The van der Waals surface area contributed by atoms with E-state index < -0.39 is 11.7 Å². The molecule has 0 aliphatic rings. The summed E-state index contributed by atoms with van der Waals surface area (Å²) < 4.78 is 43.4. The Morgan fingerprint density at radius 1 is 1.33 bits per heavy atom. The molecule has 7 heteroatoms. The lowest BCUT2D eigenvalue weighted by Gasteiger charge is -2.14. The lowest BCUT2D eigenvalue weighted by molar-refractivity contribution is -0.137. The van der Waals surface area contributed by atoms with Gasteiger partial charge >= 0.3 is 6.18 Å². The summed E-state index contributed by atoms with van der Waals surface area (Å²) in [6, 6.07) is 3.04. The number of anilines is 1. The van der Waals surface area contributed by atoms with E-state index in [1.807, 2.05) is 0 Å². The quantitative estimate of drug-likeness (QED) is 0.761. The van der Waals surface area contributed by atoms with E-state index in [9.17, 15) is 18.0 Å². The first-order valence-electron chi connectivity index (χ1n) is 6.67. The summed E-state index contributed by atoms with van der Waals surface area (Å²) in [4.78, 5) is 11.7. The van der Waals surface area contributed by atoms with Crippen LogP contribution in [-0.4, -0.2) is 26.1 Å². The van der Waals surface area contributed by atoms with Crippen molar-refractivity contribution in [3.05, 3.63) is 23.8 Å². The fourth-order valence-electron chi connectivity index (χ4n) is 1.72. The van der Waals surface area contributed by atoms with Gasteiger partial charge in [0.2, 0.25) is 5.91 Å². The summed E-state index contributed by atoms with van der Waals surface area (Å²) in [7, 11) is 1.76. The van der Waals surface area contributed by atoms with Gasteiger partial charge in [0.05, 0.1) is 17.9 Å². The topological polar surface area (TPSA) is 50.4 Å². The number of hydrogen-bond donors (Lipinski definition) is 2. The highest BCUT2D eigenvalue weighted by Crippen LogP contribution is 2.35. The average Bonchev–Trinajstić information content (AvgIpc) is 2.40. The highest BCUT2D eigenvalue weighted by molar-refractivity contribution is 5.92. The Bertz CT molecular complexity index is 476. The minimum atomic E-state index is -4.46. The number of rotatable bonds is 7. The van der Waals surface area contributed by atoms with Crippen molar-refractivity contribution >= 4 is 11.6 Å². The summed E-state index contributed by atoms with van der Waals surface area (Å²) in [6.07, 6.45) is -3.63. The maximum absolute atomic E-state index is 12.7. The van der Waals surface area contributed by atoms with E-state index in [1.165, 1.54) is 6.07 Å². The van der Waals surface area contributed by atoms with Gasteiger partial charge in [0.25, 0.3) is 0 Å². The number of hydrogen-bond acceptors (Lipinski definition) is 3. The molecule has 1 rings (SSSR count). The van der Waals surface area contributed by atoms with Crippen molar-refractivity contribution < 1.29 is 22.7 Å². The maximum atomic E-state index is 12.7. The van der Waals surface area contributed by atoms with Crippen LogP contribution in [0.2, 0.25) is 0 Å². The minimum Gasteiger partial charge on any atom is -0.492 e. The molecule has 0 saturated heterocycles. The molecule has 0 heterocycles. The minimum absolute atomic E-state index is 0.0427. The largest absolute Gasteiger partial charge is 0.492 e. The molecule has 0 atom stereocenters. The van der Waals surface area contributed by atoms with Gasteiger partial charge in [-0.15, -0.1) is 0 Å². The van der Waals surface area contributed by atoms with Crippen LogP contribution in [0, 0.1) is 0 Å². The number of nitrogens with one attached hydrogen (secondary N) is 2. The Morgan fingerprint density at radius 2 is 2.05 bits per heavy atom. The number of halogens is 3. The predicted octanol–water partition coefficient (Wildman–Crippen LogP) is 3.04. The van der Waals surface area contributed by atoms with Crippen molar-refractivity contribution in [3.8, 4) is 5.75 Å². The van der Waals surface area contributed by atoms with Crippen molar-refractivity contribution in [2.24, 2.45) is 0 Å². The summed E-state index contributed by atoms with van der Waals surface area (Å²) in [6.45, 7) is 2.68. The molecule has 0 fully saturated rings. The molecule has 1 aromatic rings. The normalized spacial score (nSPS) is 11.3. The SMILES string of the molecule is CCOc1ccc(C(F)(F)F)cc1NC(=O)CCCNC. The molecule has 0 unspecified atom stereocenters. The molecule has 1 amide bonds. The molecule has 2 N–H and O–H groups in total. The molecule has 4 nitrogen and oxygen atoms in total. The lowest BCUT2D eigenvalue weighted by atomic mass is 10.1. The van der Waals surface area contributed by atoms with E-state index in [2.05, 4.69) is 10.6 Å². The molecule has 0 saturated carbocycles. The first-order chi connectivity index (χ1) is 9.88. The zero-order valence-electron chi connectivity index (χ0n) is 12.0. The van der Waals surface area contributed by atoms with Crippen LogP contribution in [-0.2, 0) is 11.0 Å².